The van der Waals surface area contributed by atoms with E-state index in [0.29, 0.717) is 0 Å². The Bertz CT molecular complexity index is 4120. The van der Waals surface area contributed by atoms with Crippen molar-refractivity contribution in [3.05, 3.63) is 255 Å². The Balaban J connectivity index is 1.07. The van der Waals surface area contributed by atoms with Crippen molar-refractivity contribution in [1.82, 2.24) is 0 Å². The smallest absolute Gasteiger partial charge is 0.0616 e. The van der Waals surface area contributed by atoms with E-state index in [2.05, 4.69) is 255 Å². The van der Waals surface area contributed by atoms with Crippen LogP contribution in [0.25, 0.3) is 108 Å². The minimum Gasteiger partial charge on any atom is -0.0616 e. The third kappa shape index (κ3) is 5.72. The molecule has 0 bridgehead atoms. The molecule has 0 spiro atoms. The second-order valence-corrected chi connectivity index (χ2v) is 22.1. The van der Waals surface area contributed by atoms with Gasteiger partial charge in [-0.3, -0.25) is 0 Å². The molecule has 0 amide bonds. The van der Waals surface area contributed by atoms with E-state index in [4.69, 9.17) is 0 Å². The van der Waals surface area contributed by atoms with Crippen LogP contribution in [0.2, 0.25) is 0 Å². The van der Waals surface area contributed by atoms with Crippen LogP contribution in [-0.2, 0) is 0 Å². The van der Waals surface area contributed by atoms with E-state index in [9.17, 15) is 0 Å². The summed E-state index contributed by atoms with van der Waals surface area (Å²) in [5.41, 5.74) is 5.01. The Labute approximate surface area is 390 Å². The summed E-state index contributed by atoms with van der Waals surface area (Å²) in [4.78, 5) is 0. The molecule has 0 aromatic heterocycles. The van der Waals surface area contributed by atoms with E-state index in [1.54, 1.807) is 0 Å². The van der Waals surface area contributed by atoms with Crippen LogP contribution in [0.4, 0.5) is 0 Å². The molecule has 14 aromatic rings. The average Bonchev–Trinajstić information content (AvgIpc) is 3.40. The van der Waals surface area contributed by atoms with Gasteiger partial charge in [0.1, 0.15) is 0 Å². The zero-order valence-electron chi connectivity index (χ0n) is 36.7. The van der Waals surface area contributed by atoms with Gasteiger partial charge in [-0.05, 0) is 135 Å². The molecule has 0 aliphatic heterocycles. The highest BCUT2D eigenvalue weighted by Crippen LogP contribution is 2.44. The fourth-order valence-corrected chi connectivity index (χ4v) is 16.8. The fourth-order valence-electron chi connectivity index (χ4n) is 11.9. The van der Waals surface area contributed by atoms with Gasteiger partial charge in [0.05, 0.1) is 0 Å². The highest BCUT2D eigenvalue weighted by Gasteiger charge is 2.43. The van der Waals surface area contributed by atoms with Gasteiger partial charge in [-0.25, -0.2) is 0 Å². The largest absolute Gasteiger partial charge is 0.180 e. The molecule has 0 radical (unpaired) electrons. The molecule has 0 saturated heterocycles. The average molecular weight is 863 g/mol. The molecule has 0 heterocycles. The van der Waals surface area contributed by atoms with E-state index < -0.39 is 8.07 Å². The molecule has 0 N–H and O–H groups in total. The minimum absolute atomic E-state index is 1.22. The van der Waals surface area contributed by atoms with Crippen molar-refractivity contribution in [1.29, 1.82) is 0 Å². The first-order valence-corrected chi connectivity index (χ1v) is 25.4. The molecule has 67 heavy (non-hydrogen) atoms. The second kappa shape index (κ2) is 14.8. The molecular weight excluding hydrogens is 821 g/mol. The van der Waals surface area contributed by atoms with Crippen LogP contribution < -0.4 is 20.7 Å². The van der Waals surface area contributed by atoms with Crippen molar-refractivity contribution in [3.63, 3.8) is 0 Å². The second-order valence-electron chi connectivity index (χ2n) is 18.3. The molecule has 0 fully saturated rings. The van der Waals surface area contributed by atoms with Crippen LogP contribution in [0.15, 0.2) is 255 Å². The molecule has 0 atom stereocenters. The number of fused-ring (bicyclic) bond motifs is 5. The topological polar surface area (TPSA) is 0 Å². The lowest BCUT2D eigenvalue weighted by atomic mass is 9.85. The van der Waals surface area contributed by atoms with Crippen LogP contribution in [0, 0.1) is 0 Å². The van der Waals surface area contributed by atoms with E-state index >= 15 is 0 Å². The fraction of sp³-hybridized carbons (Fsp3) is 0. The predicted octanol–water partition coefficient (Wildman–Crippen LogP) is 15.1. The van der Waals surface area contributed by atoms with E-state index in [1.165, 1.54) is 129 Å². The van der Waals surface area contributed by atoms with Crippen LogP contribution in [0.5, 0.6) is 0 Å². The van der Waals surface area contributed by atoms with Gasteiger partial charge in [0.2, 0.25) is 0 Å². The number of benzene rings is 14. The van der Waals surface area contributed by atoms with E-state index in [0.717, 1.165) is 0 Å². The first-order valence-electron chi connectivity index (χ1n) is 23.4. The maximum absolute atomic E-state index is 3.13. The van der Waals surface area contributed by atoms with Gasteiger partial charge >= 0.3 is 0 Å². The molecule has 0 aliphatic carbocycles. The summed E-state index contributed by atoms with van der Waals surface area (Å²) in [5.74, 6) is 0. The highest BCUT2D eigenvalue weighted by molar-refractivity contribution is 7.21. The molecule has 0 unspecified atom stereocenters. The van der Waals surface area contributed by atoms with E-state index in [1.807, 2.05) is 0 Å². The molecule has 0 aliphatic rings. The van der Waals surface area contributed by atoms with Crippen molar-refractivity contribution in [3.8, 4) is 22.3 Å². The molecule has 0 saturated carbocycles. The van der Waals surface area contributed by atoms with Gasteiger partial charge < -0.3 is 0 Å². The zero-order valence-corrected chi connectivity index (χ0v) is 37.7. The summed E-state index contributed by atoms with van der Waals surface area (Å²) < 4.78 is 0. The highest BCUT2D eigenvalue weighted by atomic mass is 28.3. The summed E-state index contributed by atoms with van der Waals surface area (Å²) in [6.45, 7) is 0. The third-order valence-electron chi connectivity index (χ3n) is 14.9. The van der Waals surface area contributed by atoms with Crippen molar-refractivity contribution in [2.75, 3.05) is 0 Å². The van der Waals surface area contributed by atoms with Crippen molar-refractivity contribution < 1.29 is 0 Å². The maximum atomic E-state index is 2.51. The lowest BCUT2D eigenvalue weighted by molar-refractivity contribution is 1.66. The minimum atomic E-state index is -3.13. The lowest BCUT2D eigenvalue weighted by Crippen LogP contribution is -2.74. The SMILES string of the molecule is c1ccc2cc(-c3c4ccccc4c(-c4ccc([Si](c5ccc6ccccc6c5)(c5ccc6ccccc6c5)c5ccc6ccc7cccc8ccc5c6c78)cc4)c4ccccc34)ccc2c1. The van der Waals surface area contributed by atoms with Gasteiger partial charge in [-0.15, -0.1) is 0 Å². The molecular formula is C66H42Si. The van der Waals surface area contributed by atoms with Gasteiger partial charge in [-0.1, -0.05) is 249 Å². The Morgan fingerprint density at radius 1 is 0.209 bits per heavy atom. The number of hydrogen-bond donors (Lipinski definition) is 0. The monoisotopic (exact) mass is 862 g/mol. The quantitative estimate of drug-likeness (QED) is 0.0676. The summed E-state index contributed by atoms with van der Waals surface area (Å²) in [6.07, 6.45) is 0. The number of rotatable bonds is 6. The van der Waals surface area contributed by atoms with E-state index in [-0.39, 0.29) is 0 Å². The third-order valence-corrected chi connectivity index (χ3v) is 19.7. The van der Waals surface area contributed by atoms with Gasteiger partial charge in [0.25, 0.3) is 0 Å². The van der Waals surface area contributed by atoms with Crippen LogP contribution >= 0.6 is 0 Å². The first kappa shape index (κ1) is 38.0. The summed E-state index contributed by atoms with van der Waals surface area (Å²) in [7, 11) is -3.13. The van der Waals surface area contributed by atoms with Crippen molar-refractivity contribution in [2.24, 2.45) is 0 Å². The van der Waals surface area contributed by atoms with Crippen molar-refractivity contribution in [2.45, 2.75) is 0 Å². The maximum Gasteiger partial charge on any atom is 0.180 e. The summed E-state index contributed by atoms with van der Waals surface area (Å²) in [6, 6.07) is 96.8. The Morgan fingerprint density at radius 2 is 0.582 bits per heavy atom. The normalized spacial score (nSPS) is 12.2. The molecule has 0 nitrogen and oxygen atoms in total. The number of hydrogen-bond acceptors (Lipinski definition) is 0. The van der Waals surface area contributed by atoms with Gasteiger partial charge in [-0.2, -0.15) is 0 Å². The van der Waals surface area contributed by atoms with Gasteiger partial charge in [0, 0.05) is 0 Å². The van der Waals surface area contributed by atoms with Gasteiger partial charge in [0.15, 0.2) is 8.07 Å². The zero-order chi connectivity index (χ0) is 44.1. The molecule has 14 aromatic carbocycles. The summed E-state index contributed by atoms with van der Waals surface area (Å²) in [5, 5.41) is 26.0. The Kier molecular flexibility index (Phi) is 8.40. The Hall–Kier alpha value is -8.36. The standard InChI is InChI=1S/C66H42Si/c1-4-15-50-40-53(27-24-43(50)12-1)65-59-22-9-7-20-57(59)64(58-21-8-10-23-60(58)65)48-30-34-54(35-31-48)67(55-36-28-44-13-2-5-16-51(44)41-55,56-37-29-45-14-3-6-17-52(45)42-56)62-39-33-49-26-25-46-18-11-19-47-32-38-61(62)66(49)63(46)47/h1-42H. The van der Waals surface area contributed by atoms with Crippen LogP contribution in [0.3, 0.4) is 0 Å². The van der Waals surface area contributed by atoms with Crippen molar-refractivity contribution >= 4 is 115 Å². The predicted molar refractivity (Wildman–Crippen MR) is 292 cm³/mol. The molecule has 310 valence electrons. The summed E-state index contributed by atoms with van der Waals surface area (Å²) >= 11 is 0. The van der Waals surface area contributed by atoms with Crippen LogP contribution in [-0.4, -0.2) is 8.07 Å². The van der Waals surface area contributed by atoms with Crippen LogP contribution in [0.1, 0.15) is 0 Å². The lowest BCUT2D eigenvalue weighted by Gasteiger charge is -2.36. The molecule has 14 rings (SSSR count). The Morgan fingerprint density at radius 3 is 1.13 bits per heavy atom. The molecule has 1 heteroatoms. The first-order chi connectivity index (χ1) is 33.2.